The highest BCUT2D eigenvalue weighted by atomic mass is 16.5. The average molecular weight is 290 g/mol. The number of pyridine rings is 1. The second kappa shape index (κ2) is 8.38. The predicted molar refractivity (Wildman–Crippen MR) is 87.6 cm³/mol. The van der Waals surface area contributed by atoms with E-state index in [4.69, 9.17) is 4.74 Å². The van der Waals surface area contributed by atoms with Gasteiger partial charge in [0.05, 0.1) is 6.10 Å². The van der Waals surface area contributed by atoms with Crippen LogP contribution in [0.2, 0.25) is 0 Å². The summed E-state index contributed by atoms with van der Waals surface area (Å²) in [4.78, 5) is 4.42. The van der Waals surface area contributed by atoms with E-state index in [0.717, 1.165) is 36.9 Å². The van der Waals surface area contributed by atoms with E-state index in [2.05, 4.69) is 30.2 Å². The monoisotopic (exact) mass is 290 g/mol. The van der Waals surface area contributed by atoms with E-state index in [1.54, 1.807) is 0 Å². The number of hydrogen-bond donors (Lipinski definition) is 1. The first kappa shape index (κ1) is 16.3. The Morgan fingerprint density at radius 2 is 2.19 bits per heavy atom. The molecule has 3 nitrogen and oxygen atoms in total. The minimum Gasteiger partial charge on any atom is -0.490 e. The van der Waals surface area contributed by atoms with E-state index >= 15 is 0 Å². The fourth-order valence-electron chi connectivity index (χ4n) is 3.10. The third-order valence-corrected chi connectivity index (χ3v) is 4.43. The molecule has 1 aliphatic rings. The lowest BCUT2D eigenvalue weighted by Crippen LogP contribution is -2.26. The Bertz CT molecular complexity index is 433. The van der Waals surface area contributed by atoms with Gasteiger partial charge in [-0.05, 0) is 45.1 Å². The number of nitrogens with zero attached hydrogens (tertiary/aromatic N) is 1. The predicted octanol–water partition coefficient (Wildman–Crippen LogP) is 4.24. The number of hydrogen-bond acceptors (Lipinski definition) is 3. The van der Waals surface area contributed by atoms with Crippen LogP contribution in [0.3, 0.4) is 0 Å². The van der Waals surface area contributed by atoms with Gasteiger partial charge in [0.15, 0.2) is 0 Å². The molecule has 1 aromatic rings. The number of nitrogens with one attached hydrogen (secondary N) is 1. The van der Waals surface area contributed by atoms with Gasteiger partial charge in [-0.2, -0.15) is 0 Å². The van der Waals surface area contributed by atoms with E-state index in [-0.39, 0.29) is 0 Å². The molecule has 118 valence electrons. The molecule has 0 aliphatic heterocycles. The molecule has 1 aromatic heterocycles. The van der Waals surface area contributed by atoms with Gasteiger partial charge in [-0.15, -0.1) is 0 Å². The molecule has 2 unspecified atom stereocenters. The zero-order chi connectivity index (χ0) is 15.1. The lowest BCUT2D eigenvalue weighted by atomic mass is 9.85. The lowest BCUT2D eigenvalue weighted by Gasteiger charge is -2.29. The summed E-state index contributed by atoms with van der Waals surface area (Å²) >= 11 is 0. The van der Waals surface area contributed by atoms with E-state index in [0.29, 0.717) is 6.10 Å². The van der Waals surface area contributed by atoms with Crippen LogP contribution < -0.4 is 10.1 Å². The van der Waals surface area contributed by atoms with Crippen molar-refractivity contribution in [1.82, 2.24) is 10.3 Å². The van der Waals surface area contributed by atoms with Gasteiger partial charge in [0.2, 0.25) is 0 Å². The van der Waals surface area contributed by atoms with Crippen LogP contribution in [0.1, 0.15) is 63.6 Å². The maximum atomic E-state index is 6.35. The summed E-state index contributed by atoms with van der Waals surface area (Å²) in [6.45, 7) is 8.40. The minimum atomic E-state index is 0.385. The first-order valence-electron chi connectivity index (χ1n) is 8.55. The van der Waals surface area contributed by atoms with Crippen molar-refractivity contribution in [2.45, 2.75) is 71.9 Å². The fraction of sp³-hybridized carbons (Fsp3) is 0.722. The Kier molecular flexibility index (Phi) is 6.50. The van der Waals surface area contributed by atoms with Crippen LogP contribution in [-0.2, 0) is 6.54 Å². The van der Waals surface area contributed by atoms with Crippen molar-refractivity contribution in [2.75, 3.05) is 6.54 Å². The molecule has 0 aromatic carbocycles. The molecule has 2 atom stereocenters. The molecule has 0 amide bonds. The fourth-order valence-corrected chi connectivity index (χ4v) is 3.10. The molecule has 0 saturated heterocycles. The van der Waals surface area contributed by atoms with Crippen LogP contribution in [0.5, 0.6) is 5.75 Å². The van der Waals surface area contributed by atoms with Gasteiger partial charge in [0.1, 0.15) is 5.75 Å². The summed E-state index contributed by atoms with van der Waals surface area (Å²) in [7, 11) is 0. The second-order valence-corrected chi connectivity index (χ2v) is 6.29. The summed E-state index contributed by atoms with van der Waals surface area (Å²) in [6, 6.07) is 2.10. The molecule has 1 fully saturated rings. The van der Waals surface area contributed by atoms with E-state index in [9.17, 15) is 0 Å². The summed E-state index contributed by atoms with van der Waals surface area (Å²) in [6.07, 6.45) is 9.85. The van der Waals surface area contributed by atoms with Gasteiger partial charge in [-0.3, -0.25) is 4.98 Å². The molecule has 21 heavy (non-hydrogen) atoms. The third kappa shape index (κ3) is 4.99. The summed E-state index contributed by atoms with van der Waals surface area (Å²) in [5.41, 5.74) is 2.22. The zero-order valence-corrected chi connectivity index (χ0v) is 13.8. The van der Waals surface area contributed by atoms with Crippen molar-refractivity contribution in [3.8, 4) is 5.75 Å². The van der Waals surface area contributed by atoms with Crippen LogP contribution in [-0.4, -0.2) is 17.6 Å². The largest absolute Gasteiger partial charge is 0.490 e. The Morgan fingerprint density at radius 3 is 2.95 bits per heavy atom. The van der Waals surface area contributed by atoms with Crippen molar-refractivity contribution in [2.24, 2.45) is 5.92 Å². The summed E-state index contributed by atoms with van der Waals surface area (Å²) in [5, 5.41) is 3.45. The number of aromatic nitrogens is 1. The van der Waals surface area contributed by atoms with E-state index < -0.39 is 0 Å². The quantitative estimate of drug-likeness (QED) is 0.763. The normalized spacial score (nSPS) is 22.2. The Balaban J connectivity index is 2.01. The Labute approximate surface area is 129 Å². The molecule has 1 heterocycles. The van der Waals surface area contributed by atoms with Gasteiger partial charge in [-0.25, -0.2) is 0 Å². The number of aryl methyl sites for hydroxylation is 1. The van der Waals surface area contributed by atoms with Crippen LogP contribution >= 0.6 is 0 Å². The van der Waals surface area contributed by atoms with Crippen molar-refractivity contribution >= 4 is 0 Å². The van der Waals surface area contributed by atoms with E-state index in [1.807, 2.05) is 13.1 Å². The summed E-state index contributed by atoms with van der Waals surface area (Å²) in [5.74, 6) is 1.88. The molecule has 0 bridgehead atoms. The van der Waals surface area contributed by atoms with Crippen LogP contribution in [0.15, 0.2) is 12.3 Å². The third-order valence-electron chi connectivity index (χ3n) is 4.43. The van der Waals surface area contributed by atoms with Gasteiger partial charge < -0.3 is 10.1 Å². The molecular formula is C18H30N2O. The minimum absolute atomic E-state index is 0.385. The molecule has 2 rings (SSSR count). The van der Waals surface area contributed by atoms with Gasteiger partial charge in [0, 0.05) is 30.1 Å². The molecule has 1 aliphatic carbocycles. The highest BCUT2D eigenvalue weighted by Gasteiger charge is 2.22. The van der Waals surface area contributed by atoms with Crippen molar-refractivity contribution in [3.05, 3.63) is 23.5 Å². The lowest BCUT2D eigenvalue weighted by molar-refractivity contribution is 0.120. The molecule has 1 saturated carbocycles. The van der Waals surface area contributed by atoms with Crippen LogP contribution in [0.25, 0.3) is 0 Å². The molecule has 1 N–H and O–H groups in total. The summed E-state index contributed by atoms with van der Waals surface area (Å²) < 4.78 is 6.35. The smallest absolute Gasteiger partial charge is 0.127 e. The second-order valence-electron chi connectivity index (χ2n) is 6.29. The van der Waals surface area contributed by atoms with Gasteiger partial charge in [-0.1, -0.05) is 26.7 Å². The van der Waals surface area contributed by atoms with Gasteiger partial charge in [0.25, 0.3) is 0 Å². The molecule has 0 radical (unpaired) electrons. The van der Waals surface area contributed by atoms with Crippen molar-refractivity contribution < 1.29 is 4.74 Å². The topological polar surface area (TPSA) is 34.2 Å². The number of ether oxygens (including phenoxy) is 1. The first-order chi connectivity index (χ1) is 10.2. The van der Waals surface area contributed by atoms with Crippen molar-refractivity contribution in [3.63, 3.8) is 0 Å². The van der Waals surface area contributed by atoms with Crippen molar-refractivity contribution in [1.29, 1.82) is 0 Å². The maximum absolute atomic E-state index is 6.35. The van der Waals surface area contributed by atoms with E-state index in [1.165, 1.54) is 37.7 Å². The van der Waals surface area contributed by atoms with Gasteiger partial charge >= 0.3 is 0 Å². The van der Waals surface area contributed by atoms with Crippen LogP contribution in [0.4, 0.5) is 0 Å². The molecule has 0 spiro atoms. The SMILES string of the molecule is CCCNCc1cnc(C)cc1OC1CCCC(CC)C1. The molecule has 3 heteroatoms. The zero-order valence-electron chi connectivity index (χ0n) is 13.8. The average Bonchev–Trinajstić information content (AvgIpc) is 2.50. The maximum Gasteiger partial charge on any atom is 0.127 e. The standard InChI is InChI=1S/C18H30N2O/c1-4-9-19-12-16-13-20-14(3)10-18(16)21-17-8-6-7-15(5-2)11-17/h10,13,15,17,19H,4-9,11-12H2,1-3H3. The Morgan fingerprint density at radius 1 is 1.33 bits per heavy atom. The highest BCUT2D eigenvalue weighted by Crippen LogP contribution is 2.30. The highest BCUT2D eigenvalue weighted by molar-refractivity contribution is 5.33. The number of rotatable bonds is 7. The molecular weight excluding hydrogens is 260 g/mol. The Hall–Kier alpha value is -1.09. The van der Waals surface area contributed by atoms with Crippen LogP contribution in [0, 0.1) is 12.8 Å². The first-order valence-corrected chi connectivity index (χ1v) is 8.55.